The van der Waals surface area contributed by atoms with Crippen LogP contribution in [0.4, 0.5) is 34.1 Å². The van der Waals surface area contributed by atoms with Crippen molar-refractivity contribution < 1.29 is 0 Å². The first-order valence-corrected chi connectivity index (χ1v) is 42.8. The third-order valence-corrected chi connectivity index (χ3v) is 25.8. The van der Waals surface area contributed by atoms with Gasteiger partial charge in [0.25, 0.3) is 0 Å². The smallest absolute Gasteiger partial charge is 0.0775 e. The van der Waals surface area contributed by atoms with Gasteiger partial charge in [0.05, 0.1) is 43.1 Å². The highest BCUT2D eigenvalue weighted by Crippen LogP contribution is 2.70. The number of hydrogen-bond acceptors (Lipinski definition) is 2. The summed E-state index contributed by atoms with van der Waals surface area (Å²) in [6.07, 6.45) is 0. The molecule has 0 saturated carbocycles. The van der Waals surface area contributed by atoms with E-state index in [2.05, 4.69) is 331 Å². The maximum Gasteiger partial charge on any atom is 0.0775 e. The third kappa shape index (κ3) is 8.78. The molecule has 12 rings (SSSR count). The van der Waals surface area contributed by atoms with Crippen molar-refractivity contribution in [3.05, 3.63) is 276 Å². The summed E-state index contributed by atoms with van der Waals surface area (Å²) in [5.74, 6) is 0. The van der Waals surface area contributed by atoms with Gasteiger partial charge in [0.2, 0.25) is 0 Å². The van der Waals surface area contributed by atoms with Crippen LogP contribution >= 0.6 is 0 Å². The van der Waals surface area contributed by atoms with Gasteiger partial charge < -0.3 is 9.80 Å². The average molecular weight is 1110 g/mol. The van der Waals surface area contributed by atoms with Gasteiger partial charge in [0, 0.05) is 34.1 Å². The highest BCUT2D eigenvalue weighted by atomic mass is 28.3. The van der Waals surface area contributed by atoms with E-state index in [1.807, 2.05) is 0 Å². The van der Waals surface area contributed by atoms with Crippen molar-refractivity contribution in [3.63, 3.8) is 0 Å². The minimum atomic E-state index is -1.58. The minimum absolute atomic E-state index is 0.796. The lowest BCUT2D eigenvalue weighted by Gasteiger charge is -2.51. The molecule has 2 nitrogen and oxygen atoms in total. The molecule has 0 aromatic heterocycles. The van der Waals surface area contributed by atoms with Crippen LogP contribution in [0, 0.1) is 0 Å². The lowest BCUT2D eigenvalue weighted by molar-refractivity contribution is 0.437. The van der Waals surface area contributed by atoms with Crippen LogP contribution < -0.4 is 30.5 Å². The van der Waals surface area contributed by atoms with Crippen LogP contribution in [0.1, 0.15) is 33.4 Å². The first-order chi connectivity index (χ1) is 38.2. The zero-order valence-electron chi connectivity index (χ0n) is 49.0. The Bertz CT molecular complexity index is 3530. The summed E-state index contributed by atoms with van der Waals surface area (Å²) in [6, 6.07) is 94.7. The van der Waals surface area contributed by atoms with Crippen LogP contribution in [0.15, 0.2) is 243 Å². The predicted molar refractivity (Wildman–Crippen MR) is 358 cm³/mol. The molecule has 0 bridgehead atoms. The molecule has 0 fully saturated rings. The predicted octanol–water partition coefficient (Wildman–Crippen LogP) is 18.1. The molecule has 2 aliphatic carbocycles. The molecule has 0 aliphatic heterocycles. The summed E-state index contributed by atoms with van der Waals surface area (Å²) in [5.41, 5.74) is 18.1. The molecule has 0 heterocycles. The summed E-state index contributed by atoms with van der Waals surface area (Å²) < 4.78 is 0. The second kappa shape index (κ2) is 19.7. The minimum Gasteiger partial charge on any atom is -0.310 e. The summed E-state index contributed by atoms with van der Waals surface area (Å²) >= 11 is 0. The van der Waals surface area contributed by atoms with Crippen molar-refractivity contribution in [3.8, 4) is 22.3 Å². The van der Waals surface area contributed by atoms with Gasteiger partial charge >= 0.3 is 0 Å². The second-order valence-electron chi connectivity index (χ2n) is 26.6. The highest BCUT2D eigenvalue weighted by Gasteiger charge is 2.64. The molecule has 10 aromatic rings. The Labute approximate surface area is 481 Å². The third-order valence-electron chi connectivity index (χ3n) is 17.5. The van der Waals surface area contributed by atoms with E-state index >= 15 is 0 Å². The fourth-order valence-corrected chi connectivity index (χ4v) is 18.1. The Kier molecular flexibility index (Phi) is 13.2. The molecule has 0 amide bonds. The van der Waals surface area contributed by atoms with Crippen LogP contribution in [-0.2, 0) is 10.8 Å². The lowest BCUT2D eigenvalue weighted by atomic mass is 9.49. The van der Waals surface area contributed by atoms with Crippen LogP contribution in [0.2, 0.25) is 78.6 Å². The quantitative estimate of drug-likeness (QED) is 0.106. The lowest BCUT2D eigenvalue weighted by Crippen LogP contribution is -2.50. The fourth-order valence-electron chi connectivity index (χ4n) is 13.4. The molecule has 6 heteroatoms. The van der Waals surface area contributed by atoms with Crippen molar-refractivity contribution in [2.24, 2.45) is 0 Å². The van der Waals surface area contributed by atoms with Crippen LogP contribution in [-0.4, -0.2) is 32.3 Å². The normalized spacial score (nSPS) is 16.6. The molecule has 2 aliphatic rings. The summed E-state index contributed by atoms with van der Waals surface area (Å²) in [6.45, 7) is 29.3. The van der Waals surface area contributed by atoms with E-state index in [1.165, 1.54) is 76.4 Å². The Morgan fingerprint density at radius 3 is 0.738 bits per heavy atom. The van der Waals surface area contributed by atoms with Gasteiger partial charge in [-0.2, -0.15) is 0 Å². The molecule has 2 unspecified atom stereocenters. The second-order valence-corrected chi connectivity index (χ2v) is 47.0. The van der Waals surface area contributed by atoms with Gasteiger partial charge in [-0.3, -0.25) is 0 Å². The van der Waals surface area contributed by atoms with E-state index in [-0.39, 0.29) is 0 Å². The van der Waals surface area contributed by atoms with Gasteiger partial charge in [-0.05, 0) is 128 Å². The number of nitrogens with zero attached hydrogens (tertiary/aromatic N) is 2. The molecule has 80 heavy (non-hydrogen) atoms. The fraction of sp³-hybridized carbons (Fsp3) is 0.189. The molecule has 0 radical (unpaired) electrons. The maximum atomic E-state index is 2.59. The number of anilines is 6. The van der Waals surface area contributed by atoms with E-state index < -0.39 is 43.1 Å². The van der Waals surface area contributed by atoms with Crippen LogP contribution in [0.3, 0.4) is 0 Å². The van der Waals surface area contributed by atoms with Gasteiger partial charge in [0.1, 0.15) is 0 Å². The van der Waals surface area contributed by atoms with E-state index in [9.17, 15) is 0 Å². The SMILES string of the molecule is C[Si](C)(C)c1ccc(N(c2ccc([Si](C)(C)C)cc2)c2ccc3c(c2)C(c2ccccc2)(C2(c4ccccc4)c4ccccc4-c4ccc(N(c5ccc([Si](C)(C)C)cc5)c5ccc([Si](C)(C)C)cc5)cc42)c2ccccc2-3)cc1. The van der Waals surface area contributed by atoms with Gasteiger partial charge in [0.15, 0.2) is 0 Å². The summed E-state index contributed by atoms with van der Waals surface area (Å²) in [7, 11) is -6.33. The maximum absolute atomic E-state index is 2.59. The molecule has 0 N–H and O–H groups in total. The topological polar surface area (TPSA) is 6.48 Å². The number of fused-ring (bicyclic) bond motifs is 6. The Morgan fingerprint density at radius 1 is 0.225 bits per heavy atom. The van der Waals surface area contributed by atoms with Crippen LogP contribution in [0.25, 0.3) is 22.3 Å². The first kappa shape index (κ1) is 53.3. The standard InChI is InChI=1S/C74H76N2Si4/c1-77(2,3)61-41-31-55(32-42-61)75(56-33-43-62(44-34-56)78(4,5)6)59-39-49-67-65-27-19-21-29-69(65)73(71(67)51-59,53-23-15-13-16-24-53)74(54-25-17-14-18-26-54)70-30-22-20-28-66(70)68-50-40-60(52-72(68)74)76(57-35-45-63(46-36-57)79(7,8)9)58-37-47-64(48-38-58)80(10,11)12/h13-52H,1-12H3. The van der Waals surface area contributed by atoms with Gasteiger partial charge in [-0.25, -0.2) is 0 Å². The van der Waals surface area contributed by atoms with Crippen molar-refractivity contribution >= 4 is 87.2 Å². The highest BCUT2D eigenvalue weighted by molar-refractivity contribution is 6.90. The zero-order chi connectivity index (χ0) is 56.0. The van der Waals surface area contributed by atoms with E-state index in [4.69, 9.17) is 0 Å². The number of hydrogen-bond donors (Lipinski definition) is 0. The summed E-state index contributed by atoms with van der Waals surface area (Å²) in [4.78, 5) is 5.03. The van der Waals surface area contributed by atoms with Gasteiger partial charge in [-0.15, -0.1) is 0 Å². The van der Waals surface area contributed by atoms with Gasteiger partial charge in [-0.1, -0.05) is 269 Å². The molecule has 0 saturated heterocycles. The first-order valence-electron chi connectivity index (χ1n) is 28.8. The molecular weight excluding hydrogens is 1030 g/mol. The van der Waals surface area contributed by atoms with Crippen LogP contribution in [0.5, 0.6) is 0 Å². The monoisotopic (exact) mass is 1100 g/mol. The summed E-state index contributed by atoms with van der Waals surface area (Å²) in [5, 5.41) is 5.82. The van der Waals surface area contributed by atoms with Crippen molar-refractivity contribution in [1.29, 1.82) is 0 Å². The molecular formula is C74H76N2Si4. The van der Waals surface area contributed by atoms with Crippen molar-refractivity contribution in [1.82, 2.24) is 0 Å². The average Bonchev–Trinajstić information content (AvgIpc) is 3.92. The Morgan fingerprint density at radius 2 is 0.463 bits per heavy atom. The zero-order valence-corrected chi connectivity index (χ0v) is 53.0. The van der Waals surface area contributed by atoms with E-state index in [0.717, 1.165) is 34.1 Å². The molecule has 0 spiro atoms. The molecule has 398 valence electrons. The van der Waals surface area contributed by atoms with Crippen molar-refractivity contribution in [2.45, 2.75) is 89.4 Å². The molecule has 10 aromatic carbocycles. The Balaban J connectivity index is 1.19. The van der Waals surface area contributed by atoms with E-state index in [0.29, 0.717) is 0 Å². The number of rotatable bonds is 13. The molecule has 2 atom stereocenters. The Hall–Kier alpha value is -7.33. The number of benzene rings is 10. The van der Waals surface area contributed by atoms with E-state index in [1.54, 1.807) is 0 Å². The largest absolute Gasteiger partial charge is 0.310 e. The van der Waals surface area contributed by atoms with Crippen molar-refractivity contribution in [2.75, 3.05) is 9.80 Å².